The van der Waals surface area contributed by atoms with Crippen LogP contribution in [0, 0.1) is 10.8 Å². The Morgan fingerprint density at radius 1 is 1.08 bits per heavy atom. The number of hydrogen-bond acceptors (Lipinski definition) is 3. The van der Waals surface area contributed by atoms with Crippen molar-refractivity contribution in [3.8, 4) is 0 Å². The molecule has 5 heteroatoms. The first-order valence-electron chi connectivity index (χ1n) is 9.06. The molecule has 2 aliphatic heterocycles. The Balaban J connectivity index is 1.59. The zero-order valence-electron chi connectivity index (χ0n) is 15.1. The van der Waals surface area contributed by atoms with Crippen molar-refractivity contribution in [3.05, 3.63) is 28.7 Å². The van der Waals surface area contributed by atoms with E-state index in [4.69, 9.17) is 0 Å². The molecule has 1 saturated carbocycles. The van der Waals surface area contributed by atoms with E-state index in [9.17, 15) is 9.59 Å². The van der Waals surface area contributed by atoms with E-state index in [1.165, 1.54) is 11.3 Å². The third kappa shape index (κ3) is 2.95. The van der Waals surface area contributed by atoms with Gasteiger partial charge in [-0.05, 0) is 54.4 Å². The maximum absolute atomic E-state index is 13.1. The van der Waals surface area contributed by atoms with Gasteiger partial charge in [-0.15, -0.1) is 0 Å². The lowest BCUT2D eigenvalue weighted by atomic mass is 9.65. The summed E-state index contributed by atoms with van der Waals surface area (Å²) in [6, 6.07) is 7.52. The molecule has 0 unspecified atom stereocenters. The first-order chi connectivity index (χ1) is 11.7. The van der Waals surface area contributed by atoms with Crippen molar-refractivity contribution in [1.82, 2.24) is 4.90 Å². The summed E-state index contributed by atoms with van der Waals surface area (Å²) in [5, 5.41) is 0. The van der Waals surface area contributed by atoms with Gasteiger partial charge in [0.1, 0.15) is 0 Å². The van der Waals surface area contributed by atoms with Crippen LogP contribution in [0.2, 0.25) is 0 Å². The van der Waals surface area contributed by atoms with Crippen LogP contribution in [0.25, 0.3) is 0 Å². The van der Waals surface area contributed by atoms with Crippen molar-refractivity contribution >= 4 is 33.4 Å². The molecule has 2 heterocycles. The molecule has 0 aromatic heterocycles. The lowest BCUT2D eigenvalue weighted by Gasteiger charge is -2.40. The molecule has 0 radical (unpaired) electrons. The van der Waals surface area contributed by atoms with Gasteiger partial charge in [0.2, 0.25) is 5.91 Å². The van der Waals surface area contributed by atoms with Crippen molar-refractivity contribution in [2.24, 2.45) is 10.8 Å². The topological polar surface area (TPSA) is 40.6 Å². The molecule has 4 nitrogen and oxygen atoms in total. The van der Waals surface area contributed by atoms with Gasteiger partial charge in [0.25, 0.3) is 5.91 Å². The standard InChI is InChI=1S/C20H25BrN2O2/c1-19(2)9-15-10-20(3,11-19)12-22(15)16-8-17(24)23(18(16)25)14-6-4-13(21)5-7-14/h4-7,15-16H,8-12H2,1-3H3/t15-,16+,20+/m1/s1. The highest BCUT2D eigenvalue weighted by atomic mass is 79.9. The zero-order chi connectivity index (χ0) is 18.0. The Kier molecular flexibility index (Phi) is 3.89. The Bertz CT molecular complexity index is 730. The fraction of sp³-hybridized carbons (Fsp3) is 0.600. The summed E-state index contributed by atoms with van der Waals surface area (Å²) in [5.74, 6) is -0.135. The fourth-order valence-electron chi connectivity index (χ4n) is 5.60. The number of amides is 2. The molecule has 1 aromatic carbocycles. The van der Waals surface area contributed by atoms with Gasteiger partial charge in [-0.1, -0.05) is 36.7 Å². The zero-order valence-corrected chi connectivity index (χ0v) is 16.7. The van der Waals surface area contributed by atoms with Crippen LogP contribution in [-0.2, 0) is 9.59 Å². The van der Waals surface area contributed by atoms with Crippen LogP contribution in [0.4, 0.5) is 5.69 Å². The molecular formula is C20H25BrN2O2. The molecule has 2 bridgehead atoms. The van der Waals surface area contributed by atoms with Crippen LogP contribution in [0.1, 0.15) is 46.5 Å². The first-order valence-corrected chi connectivity index (χ1v) is 9.85. The summed E-state index contributed by atoms with van der Waals surface area (Å²) in [6.45, 7) is 7.93. The highest BCUT2D eigenvalue weighted by molar-refractivity contribution is 9.10. The van der Waals surface area contributed by atoms with E-state index in [0.717, 1.165) is 23.9 Å². The van der Waals surface area contributed by atoms with Crippen molar-refractivity contribution in [1.29, 1.82) is 0 Å². The van der Waals surface area contributed by atoms with Gasteiger partial charge in [-0.2, -0.15) is 0 Å². The van der Waals surface area contributed by atoms with Gasteiger partial charge in [0, 0.05) is 17.1 Å². The van der Waals surface area contributed by atoms with Crippen LogP contribution < -0.4 is 4.90 Å². The molecule has 4 rings (SSSR count). The van der Waals surface area contributed by atoms with E-state index in [1.54, 1.807) is 0 Å². The molecule has 1 aromatic rings. The van der Waals surface area contributed by atoms with E-state index >= 15 is 0 Å². The lowest BCUT2D eigenvalue weighted by Crippen LogP contribution is -2.45. The fourth-order valence-corrected chi connectivity index (χ4v) is 5.87. The predicted octanol–water partition coefficient (Wildman–Crippen LogP) is 3.98. The van der Waals surface area contributed by atoms with E-state index in [-0.39, 0.29) is 23.3 Å². The molecule has 0 N–H and O–H groups in total. The van der Waals surface area contributed by atoms with E-state index < -0.39 is 0 Å². The summed E-state index contributed by atoms with van der Waals surface area (Å²) in [7, 11) is 0. The number of anilines is 1. The van der Waals surface area contributed by atoms with Crippen molar-refractivity contribution < 1.29 is 9.59 Å². The quantitative estimate of drug-likeness (QED) is 0.699. The first kappa shape index (κ1) is 17.2. The summed E-state index contributed by atoms with van der Waals surface area (Å²) in [4.78, 5) is 29.4. The van der Waals surface area contributed by atoms with E-state index in [0.29, 0.717) is 23.6 Å². The summed E-state index contributed by atoms with van der Waals surface area (Å²) in [5.41, 5.74) is 1.25. The molecule has 2 saturated heterocycles. The van der Waals surface area contributed by atoms with E-state index in [1.807, 2.05) is 24.3 Å². The number of halogens is 1. The summed E-state index contributed by atoms with van der Waals surface area (Å²) in [6.07, 6.45) is 3.76. The minimum absolute atomic E-state index is 0.0544. The minimum Gasteiger partial charge on any atom is -0.288 e. The SMILES string of the molecule is CC1(C)C[C@@H]2C[C@](C)(CN2[C@H]2CC(=O)N(c3ccc(Br)cc3)C2=O)C1. The van der Waals surface area contributed by atoms with Crippen LogP contribution in [0.15, 0.2) is 28.7 Å². The third-order valence-electron chi connectivity index (χ3n) is 6.06. The molecule has 3 atom stereocenters. The maximum atomic E-state index is 13.1. The van der Waals surface area contributed by atoms with Crippen LogP contribution in [-0.4, -0.2) is 35.3 Å². The van der Waals surface area contributed by atoms with Gasteiger partial charge in [-0.25, -0.2) is 4.90 Å². The molecular weight excluding hydrogens is 380 g/mol. The maximum Gasteiger partial charge on any atom is 0.251 e. The number of nitrogens with zero attached hydrogens (tertiary/aromatic N) is 2. The molecule has 25 heavy (non-hydrogen) atoms. The number of rotatable bonds is 2. The number of likely N-dealkylation sites (tertiary alicyclic amines) is 1. The van der Waals surface area contributed by atoms with Crippen molar-refractivity contribution in [2.75, 3.05) is 11.4 Å². The number of carbonyl (C=O) groups excluding carboxylic acids is 2. The molecule has 134 valence electrons. The van der Waals surface area contributed by atoms with E-state index in [2.05, 4.69) is 41.6 Å². The molecule has 1 aliphatic carbocycles. The van der Waals surface area contributed by atoms with Gasteiger partial charge >= 0.3 is 0 Å². The second kappa shape index (κ2) is 5.65. The number of hydrogen-bond donors (Lipinski definition) is 0. The van der Waals surface area contributed by atoms with Gasteiger partial charge in [0.15, 0.2) is 0 Å². The Morgan fingerprint density at radius 2 is 1.76 bits per heavy atom. The molecule has 3 fully saturated rings. The van der Waals surface area contributed by atoms with Crippen LogP contribution in [0.5, 0.6) is 0 Å². The Morgan fingerprint density at radius 3 is 2.44 bits per heavy atom. The van der Waals surface area contributed by atoms with Crippen LogP contribution in [0.3, 0.4) is 0 Å². The molecule has 3 aliphatic rings. The van der Waals surface area contributed by atoms with Crippen LogP contribution >= 0.6 is 15.9 Å². The highest BCUT2D eigenvalue weighted by Gasteiger charge is 2.54. The normalized spacial score (nSPS) is 34.8. The van der Waals surface area contributed by atoms with Crippen molar-refractivity contribution in [2.45, 2.75) is 58.5 Å². The van der Waals surface area contributed by atoms with Gasteiger partial charge in [-0.3, -0.25) is 14.5 Å². The predicted molar refractivity (Wildman–Crippen MR) is 101 cm³/mol. The summed E-state index contributed by atoms with van der Waals surface area (Å²) < 4.78 is 0.940. The smallest absolute Gasteiger partial charge is 0.251 e. The van der Waals surface area contributed by atoms with Gasteiger partial charge < -0.3 is 0 Å². The lowest BCUT2D eigenvalue weighted by molar-refractivity contribution is -0.123. The number of benzene rings is 1. The second-order valence-electron chi connectivity index (χ2n) is 9.15. The molecule has 0 spiro atoms. The average Bonchev–Trinajstić information content (AvgIpc) is 2.92. The van der Waals surface area contributed by atoms with Crippen molar-refractivity contribution in [3.63, 3.8) is 0 Å². The second-order valence-corrected chi connectivity index (χ2v) is 10.1. The Hall–Kier alpha value is -1.20. The molecule has 2 amide bonds. The number of fused-ring (bicyclic) bond motifs is 2. The minimum atomic E-state index is -0.295. The highest BCUT2D eigenvalue weighted by Crippen LogP contribution is 2.53. The number of carbonyl (C=O) groups is 2. The van der Waals surface area contributed by atoms with Gasteiger partial charge in [0.05, 0.1) is 18.2 Å². The largest absolute Gasteiger partial charge is 0.288 e. The average molecular weight is 405 g/mol. The number of imide groups is 1. The summed E-state index contributed by atoms with van der Waals surface area (Å²) >= 11 is 3.40. The Labute approximate surface area is 157 Å². The monoisotopic (exact) mass is 404 g/mol. The third-order valence-corrected chi connectivity index (χ3v) is 6.59.